The molecule has 7 heteroatoms. The van der Waals surface area contributed by atoms with Crippen LogP contribution in [0.1, 0.15) is 25.3 Å². The highest BCUT2D eigenvalue weighted by Crippen LogP contribution is 2.25. The minimum absolute atomic E-state index is 0.00671. The summed E-state index contributed by atoms with van der Waals surface area (Å²) in [6.07, 6.45) is 3.34. The van der Waals surface area contributed by atoms with Crippen molar-refractivity contribution in [2.75, 3.05) is 13.1 Å². The number of hydrogen-bond acceptors (Lipinski definition) is 4. The second-order valence-corrected chi connectivity index (χ2v) is 6.46. The summed E-state index contributed by atoms with van der Waals surface area (Å²) < 4.78 is 0. The monoisotopic (exact) mass is 331 g/mol. The normalized spacial score (nSPS) is 19.4. The van der Waals surface area contributed by atoms with E-state index in [0.717, 1.165) is 23.9 Å². The van der Waals surface area contributed by atoms with Gasteiger partial charge in [-0.3, -0.25) is 14.9 Å². The number of fused-ring (bicyclic) bond motifs is 1. The van der Waals surface area contributed by atoms with E-state index in [1.165, 1.54) is 12.1 Å². The third-order valence-electron chi connectivity index (χ3n) is 4.80. The standard InChI is InChI=1S/C17H21N3O4/c1-11(21)12-3-2-6-19(10-12)17(22)7-13-9-18-16-5-4-14(20(23)24)8-15(13)16/h4-5,8-9,11-12,18,21H,2-3,6-7,10H2,1H3. The molecule has 0 spiro atoms. The molecule has 2 unspecified atom stereocenters. The predicted molar refractivity (Wildman–Crippen MR) is 89.6 cm³/mol. The molecule has 2 N–H and O–H groups in total. The minimum Gasteiger partial charge on any atom is -0.393 e. The lowest BCUT2D eigenvalue weighted by atomic mass is 9.93. The molecule has 128 valence electrons. The fourth-order valence-corrected chi connectivity index (χ4v) is 3.33. The average Bonchev–Trinajstić information content (AvgIpc) is 2.97. The fraction of sp³-hybridized carbons (Fsp3) is 0.471. The fourth-order valence-electron chi connectivity index (χ4n) is 3.33. The zero-order valence-electron chi connectivity index (χ0n) is 13.6. The maximum Gasteiger partial charge on any atom is 0.270 e. The number of piperidine rings is 1. The SMILES string of the molecule is CC(O)C1CCCN(C(=O)Cc2c[nH]c3ccc([N+](=O)[O-])cc23)C1. The summed E-state index contributed by atoms with van der Waals surface area (Å²) in [6, 6.07) is 4.61. The molecular formula is C17H21N3O4. The van der Waals surface area contributed by atoms with E-state index in [-0.39, 0.29) is 23.9 Å². The largest absolute Gasteiger partial charge is 0.393 e. The Bertz CT molecular complexity index is 768. The van der Waals surface area contributed by atoms with Crippen molar-refractivity contribution in [3.05, 3.63) is 40.1 Å². The maximum absolute atomic E-state index is 12.6. The third-order valence-corrected chi connectivity index (χ3v) is 4.80. The van der Waals surface area contributed by atoms with E-state index in [1.54, 1.807) is 24.1 Å². The van der Waals surface area contributed by atoms with Gasteiger partial charge in [0, 0.05) is 48.2 Å². The van der Waals surface area contributed by atoms with Crippen molar-refractivity contribution in [1.29, 1.82) is 0 Å². The lowest BCUT2D eigenvalue weighted by Crippen LogP contribution is -2.43. The number of H-pyrrole nitrogens is 1. The maximum atomic E-state index is 12.6. The van der Waals surface area contributed by atoms with Crippen molar-refractivity contribution in [2.24, 2.45) is 5.92 Å². The molecule has 1 aliphatic heterocycles. The van der Waals surface area contributed by atoms with Gasteiger partial charge >= 0.3 is 0 Å². The zero-order chi connectivity index (χ0) is 17.3. The number of nitrogens with one attached hydrogen (secondary N) is 1. The van der Waals surface area contributed by atoms with Crippen molar-refractivity contribution in [3.63, 3.8) is 0 Å². The molecule has 0 saturated carbocycles. The summed E-state index contributed by atoms with van der Waals surface area (Å²) >= 11 is 0. The summed E-state index contributed by atoms with van der Waals surface area (Å²) in [5, 5.41) is 21.4. The Labute approximate surface area is 139 Å². The second-order valence-electron chi connectivity index (χ2n) is 6.46. The highest BCUT2D eigenvalue weighted by Gasteiger charge is 2.26. The van der Waals surface area contributed by atoms with Crippen LogP contribution in [0.2, 0.25) is 0 Å². The van der Waals surface area contributed by atoms with Gasteiger partial charge in [-0.15, -0.1) is 0 Å². The van der Waals surface area contributed by atoms with Crippen molar-refractivity contribution in [1.82, 2.24) is 9.88 Å². The smallest absolute Gasteiger partial charge is 0.270 e. The number of aromatic amines is 1. The first-order valence-electron chi connectivity index (χ1n) is 8.16. The van der Waals surface area contributed by atoms with Crippen LogP contribution in [0.25, 0.3) is 10.9 Å². The average molecular weight is 331 g/mol. The Kier molecular flexibility index (Phi) is 4.53. The van der Waals surface area contributed by atoms with Gasteiger partial charge in [-0.2, -0.15) is 0 Å². The number of nitro groups is 1. The highest BCUT2D eigenvalue weighted by molar-refractivity contribution is 5.90. The third kappa shape index (κ3) is 3.26. The molecule has 1 aromatic carbocycles. The first-order chi connectivity index (χ1) is 11.5. The van der Waals surface area contributed by atoms with E-state index in [1.807, 2.05) is 0 Å². The number of nitro benzene ring substituents is 1. The molecule has 7 nitrogen and oxygen atoms in total. The molecule has 2 atom stereocenters. The number of likely N-dealkylation sites (tertiary alicyclic amines) is 1. The van der Waals surface area contributed by atoms with Crippen molar-refractivity contribution in [3.8, 4) is 0 Å². The Hall–Kier alpha value is -2.41. The number of hydrogen-bond donors (Lipinski definition) is 2. The van der Waals surface area contributed by atoms with Gasteiger partial charge in [-0.1, -0.05) is 0 Å². The highest BCUT2D eigenvalue weighted by atomic mass is 16.6. The zero-order valence-corrected chi connectivity index (χ0v) is 13.6. The molecule has 1 saturated heterocycles. The lowest BCUT2D eigenvalue weighted by Gasteiger charge is -2.34. The summed E-state index contributed by atoms with van der Waals surface area (Å²) in [5.41, 5.74) is 1.56. The number of amides is 1. The van der Waals surface area contributed by atoms with Crippen LogP contribution < -0.4 is 0 Å². The van der Waals surface area contributed by atoms with Gasteiger partial charge in [-0.25, -0.2) is 0 Å². The van der Waals surface area contributed by atoms with Crippen LogP contribution in [0.15, 0.2) is 24.4 Å². The van der Waals surface area contributed by atoms with Crippen molar-refractivity contribution < 1.29 is 14.8 Å². The lowest BCUT2D eigenvalue weighted by molar-refractivity contribution is -0.384. The van der Waals surface area contributed by atoms with E-state index in [0.29, 0.717) is 18.5 Å². The van der Waals surface area contributed by atoms with Crippen LogP contribution in [0, 0.1) is 16.0 Å². The summed E-state index contributed by atoms with van der Waals surface area (Å²) in [4.78, 5) is 27.9. The molecule has 0 radical (unpaired) electrons. The van der Waals surface area contributed by atoms with Crippen LogP contribution in [0.4, 0.5) is 5.69 Å². The summed E-state index contributed by atoms with van der Waals surface area (Å²) in [5.74, 6) is 0.111. The van der Waals surface area contributed by atoms with Gasteiger partial charge in [0.25, 0.3) is 5.69 Å². The van der Waals surface area contributed by atoms with E-state index in [2.05, 4.69) is 4.98 Å². The molecule has 3 rings (SSSR count). The molecule has 1 aliphatic rings. The Morgan fingerprint density at radius 3 is 3.04 bits per heavy atom. The number of aromatic nitrogens is 1. The molecule has 1 aromatic heterocycles. The van der Waals surface area contributed by atoms with Gasteiger partial charge in [-0.05, 0) is 31.4 Å². The van der Waals surface area contributed by atoms with E-state index < -0.39 is 11.0 Å². The van der Waals surface area contributed by atoms with Gasteiger partial charge in [0.15, 0.2) is 0 Å². The molecule has 24 heavy (non-hydrogen) atoms. The number of aliphatic hydroxyl groups is 1. The number of nitrogens with zero attached hydrogens (tertiary/aromatic N) is 2. The number of carbonyl (C=O) groups excluding carboxylic acids is 1. The Morgan fingerprint density at radius 2 is 2.33 bits per heavy atom. The van der Waals surface area contributed by atoms with Gasteiger partial charge in [0.05, 0.1) is 17.4 Å². The topological polar surface area (TPSA) is 99.5 Å². The molecule has 2 aromatic rings. The summed E-state index contributed by atoms with van der Waals surface area (Å²) in [7, 11) is 0. The Morgan fingerprint density at radius 1 is 1.54 bits per heavy atom. The van der Waals surface area contributed by atoms with E-state index in [4.69, 9.17) is 0 Å². The van der Waals surface area contributed by atoms with Crippen molar-refractivity contribution in [2.45, 2.75) is 32.3 Å². The second kappa shape index (κ2) is 6.60. The number of aliphatic hydroxyl groups excluding tert-OH is 1. The molecule has 1 fully saturated rings. The van der Waals surface area contributed by atoms with Gasteiger partial charge in [0.1, 0.15) is 0 Å². The molecular weight excluding hydrogens is 310 g/mol. The quantitative estimate of drug-likeness (QED) is 0.663. The summed E-state index contributed by atoms with van der Waals surface area (Å²) in [6.45, 7) is 3.03. The predicted octanol–water partition coefficient (Wildman–Crippen LogP) is 2.24. The van der Waals surface area contributed by atoms with Gasteiger partial charge < -0.3 is 15.0 Å². The number of non-ortho nitro benzene ring substituents is 1. The van der Waals surface area contributed by atoms with Crippen LogP contribution in [-0.2, 0) is 11.2 Å². The minimum atomic E-state index is -0.435. The van der Waals surface area contributed by atoms with Crippen LogP contribution in [0.3, 0.4) is 0 Å². The van der Waals surface area contributed by atoms with Crippen LogP contribution in [0.5, 0.6) is 0 Å². The first-order valence-corrected chi connectivity index (χ1v) is 8.16. The van der Waals surface area contributed by atoms with Crippen LogP contribution in [-0.4, -0.2) is 45.0 Å². The van der Waals surface area contributed by atoms with Crippen LogP contribution >= 0.6 is 0 Å². The molecule has 1 amide bonds. The number of benzene rings is 1. The van der Waals surface area contributed by atoms with Crippen molar-refractivity contribution >= 4 is 22.5 Å². The molecule has 0 aliphatic carbocycles. The first kappa shape index (κ1) is 16.4. The number of rotatable bonds is 4. The molecule has 2 heterocycles. The number of carbonyl (C=O) groups is 1. The van der Waals surface area contributed by atoms with E-state index in [9.17, 15) is 20.0 Å². The van der Waals surface area contributed by atoms with E-state index >= 15 is 0 Å². The molecule has 0 bridgehead atoms. The van der Waals surface area contributed by atoms with Gasteiger partial charge in [0.2, 0.25) is 5.91 Å². The Balaban J connectivity index is 1.78.